The van der Waals surface area contributed by atoms with Gasteiger partial charge >= 0.3 is 0 Å². The van der Waals surface area contributed by atoms with E-state index in [4.69, 9.17) is 0 Å². The van der Waals surface area contributed by atoms with E-state index in [0.29, 0.717) is 0 Å². The first-order valence-electron chi connectivity index (χ1n) is 7.94. The van der Waals surface area contributed by atoms with E-state index in [2.05, 4.69) is 41.8 Å². The van der Waals surface area contributed by atoms with Gasteiger partial charge in [0.1, 0.15) is 5.82 Å². The van der Waals surface area contributed by atoms with Crippen LogP contribution in [0.5, 0.6) is 0 Å². The van der Waals surface area contributed by atoms with Crippen molar-refractivity contribution >= 4 is 0 Å². The van der Waals surface area contributed by atoms with Crippen molar-refractivity contribution in [2.24, 2.45) is 5.92 Å². The lowest BCUT2D eigenvalue weighted by Crippen LogP contribution is -2.18. The number of rotatable bonds is 11. The number of imidazole rings is 1. The molecule has 0 spiro atoms. The van der Waals surface area contributed by atoms with Crippen molar-refractivity contribution in [3.63, 3.8) is 0 Å². The van der Waals surface area contributed by atoms with E-state index in [9.17, 15) is 0 Å². The maximum absolute atomic E-state index is 4.40. The van der Waals surface area contributed by atoms with E-state index in [1.165, 1.54) is 44.3 Å². The van der Waals surface area contributed by atoms with Gasteiger partial charge in [0.15, 0.2) is 0 Å². The zero-order valence-corrected chi connectivity index (χ0v) is 13.0. The van der Waals surface area contributed by atoms with Gasteiger partial charge in [-0.25, -0.2) is 4.98 Å². The summed E-state index contributed by atoms with van der Waals surface area (Å²) < 4.78 is 2.25. The Morgan fingerprint density at radius 1 is 1.21 bits per heavy atom. The fourth-order valence-electron chi connectivity index (χ4n) is 2.31. The molecule has 0 fully saturated rings. The molecule has 0 atom stereocenters. The predicted molar refractivity (Wildman–Crippen MR) is 82.1 cm³/mol. The Kier molecular flexibility index (Phi) is 8.55. The van der Waals surface area contributed by atoms with Gasteiger partial charge in [0.05, 0.1) is 6.54 Å². The van der Waals surface area contributed by atoms with Crippen LogP contribution in [0.15, 0.2) is 12.4 Å². The molecule has 1 rings (SSSR count). The number of nitrogens with one attached hydrogen (secondary N) is 1. The molecule has 0 aliphatic carbocycles. The summed E-state index contributed by atoms with van der Waals surface area (Å²) in [6, 6.07) is 0. The number of unbranched alkanes of at least 4 members (excludes halogenated alkanes) is 3. The van der Waals surface area contributed by atoms with Gasteiger partial charge in [-0.05, 0) is 25.3 Å². The molecule has 0 unspecified atom stereocenters. The van der Waals surface area contributed by atoms with Crippen LogP contribution in [-0.4, -0.2) is 16.1 Å². The van der Waals surface area contributed by atoms with Crippen LogP contribution < -0.4 is 5.32 Å². The molecule has 1 aromatic rings. The Balaban J connectivity index is 2.00. The Labute approximate surface area is 118 Å². The predicted octanol–water partition coefficient (Wildman–Crippen LogP) is 3.99. The largest absolute Gasteiger partial charge is 0.334 e. The minimum absolute atomic E-state index is 0.857. The Morgan fingerprint density at radius 3 is 2.74 bits per heavy atom. The standard InChI is InChI=1S/C16H31N3/c1-4-12-19-13-11-18-16(19)14-17-10-8-6-5-7-9-15(2)3/h11,13,15,17H,4-10,12,14H2,1-3H3. The molecule has 0 saturated carbocycles. The van der Waals surface area contributed by atoms with Crippen LogP contribution in [0, 0.1) is 5.92 Å². The molecule has 1 heterocycles. The summed E-state index contributed by atoms with van der Waals surface area (Å²) in [5.74, 6) is 2.03. The average Bonchev–Trinajstić information content (AvgIpc) is 2.80. The summed E-state index contributed by atoms with van der Waals surface area (Å²) in [6.07, 6.45) is 11.9. The molecule has 3 heteroatoms. The summed E-state index contributed by atoms with van der Waals surface area (Å²) >= 11 is 0. The van der Waals surface area contributed by atoms with Crippen LogP contribution in [0.1, 0.15) is 65.1 Å². The van der Waals surface area contributed by atoms with Gasteiger partial charge in [-0.3, -0.25) is 0 Å². The van der Waals surface area contributed by atoms with Crippen molar-refractivity contribution in [2.45, 2.75) is 72.4 Å². The van der Waals surface area contributed by atoms with Gasteiger partial charge in [0.2, 0.25) is 0 Å². The van der Waals surface area contributed by atoms with Crippen molar-refractivity contribution in [3.05, 3.63) is 18.2 Å². The fraction of sp³-hybridized carbons (Fsp3) is 0.812. The first kappa shape index (κ1) is 16.2. The van der Waals surface area contributed by atoms with Gasteiger partial charge in [0.25, 0.3) is 0 Å². The Morgan fingerprint density at radius 2 is 2.00 bits per heavy atom. The molecule has 3 nitrogen and oxygen atoms in total. The summed E-state index contributed by atoms with van der Waals surface area (Å²) in [4.78, 5) is 4.40. The number of nitrogens with zero attached hydrogens (tertiary/aromatic N) is 2. The van der Waals surface area contributed by atoms with Gasteiger partial charge in [-0.15, -0.1) is 0 Å². The fourth-order valence-corrected chi connectivity index (χ4v) is 2.31. The van der Waals surface area contributed by atoms with Crippen LogP contribution in [0.4, 0.5) is 0 Å². The molecule has 0 aliphatic heterocycles. The van der Waals surface area contributed by atoms with Crippen molar-refractivity contribution < 1.29 is 0 Å². The average molecular weight is 265 g/mol. The lowest BCUT2D eigenvalue weighted by Gasteiger charge is -2.08. The highest BCUT2D eigenvalue weighted by Gasteiger charge is 2.00. The second-order valence-corrected chi connectivity index (χ2v) is 5.81. The van der Waals surface area contributed by atoms with Crippen LogP contribution in [0.2, 0.25) is 0 Å². The zero-order valence-electron chi connectivity index (χ0n) is 13.0. The van der Waals surface area contributed by atoms with Gasteiger partial charge in [-0.1, -0.05) is 46.5 Å². The van der Waals surface area contributed by atoms with E-state index in [1.807, 2.05) is 6.20 Å². The molecule has 0 aromatic carbocycles. The summed E-state index contributed by atoms with van der Waals surface area (Å²) in [5.41, 5.74) is 0. The number of aromatic nitrogens is 2. The Hall–Kier alpha value is -0.830. The Bertz CT molecular complexity index is 318. The summed E-state index contributed by atoms with van der Waals surface area (Å²) in [6.45, 7) is 9.90. The van der Waals surface area contributed by atoms with Gasteiger partial charge in [-0.2, -0.15) is 0 Å². The number of hydrogen-bond donors (Lipinski definition) is 1. The third-order valence-corrected chi connectivity index (χ3v) is 3.43. The second-order valence-electron chi connectivity index (χ2n) is 5.81. The van der Waals surface area contributed by atoms with E-state index < -0.39 is 0 Å². The third kappa shape index (κ3) is 7.36. The topological polar surface area (TPSA) is 29.9 Å². The number of hydrogen-bond acceptors (Lipinski definition) is 2. The van der Waals surface area contributed by atoms with Crippen LogP contribution in [-0.2, 0) is 13.1 Å². The van der Waals surface area contributed by atoms with Crippen LogP contribution in [0.25, 0.3) is 0 Å². The molecule has 0 aliphatic rings. The van der Waals surface area contributed by atoms with Crippen LogP contribution in [0.3, 0.4) is 0 Å². The SMILES string of the molecule is CCCn1ccnc1CNCCCCCCC(C)C. The molecule has 110 valence electrons. The van der Waals surface area contributed by atoms with E-state index in [-0.39, 0.29) is 0 Å². The lowest BCUT2D eigenvalue weighted by molar-refractivity contribution is 0.508. The molecule has 19 heavy (non-hydrogen) atoms. The highest BCUT2D eigenvalue weighted by molar-refractivity contribution is 4.91. The van der Waals surface area contributed by atoms with Crippen molar-refractivity contribution in [1.29, 1.82) is 0 Å². The smallest absolute Gasteiger partial charge is 0.122 e. The summed E-state index contributed by atoms with van der Waals surface area (Å²) in [5, 5.41) is 3.50. The molecule has 0 bridgehead atoms. The molecular formula is C16H31N3. The first-order chi connectivity index (χ1) is 9.24. The van der Waals surface area contributed by atoms with Crippen molar-refractivity contribution in [2.75, 3.05) is 6.54 Å². The van der Waals surface area contributed by atoms with Crippen molar-refractivity contribution in [1.82, 2.24) is 14.9 Å². The van der Waals surface area contributed by atoms with E-state index in [0.717, 1.165) is 25.6 Å². The molecule has 1 N–H and O–H groups in total. The summed E-state index contributed by atoms with van der Waals surface area (Å²) in [7, 11) is 0. The molecular weight excluding hydrogens is 234 g/mol. The molecule has 0 radical (unpaired) electrons. The van der Waals surface area contributed by atoms with Gasteiger partial charge < -0.3 is 9.88 Å². The van der Waals surface area contributed by atoms with E-state index >= 15 is 0 Å². The van der Waals surface area contributed by atoms with Crippen LogP contribution >= 0.6 is 0 Å². The normalized spacial score (nSPS) is 11.4. The van der Waals surface area contributed by atoms with E-state index in [1.54, 1.807) is 0 Å². The third-order valence-electron chi connectivity index (χ3n) is 3.43. The zero-order chi connectivity index (χ0) is 13.9. The molecule has 0 saturated heterocycles. The highest BCUT2D eigenvalue weighted by Crippen LogP contribution is 2.09. The minimum atomic E-state index is 0.857. The second kappa shape index (κ2) is 10.0. The first-order valence-corrected chi connectivity index (χ1v) is 7.94. The highest BCUT2D eigenvalue weighted by atomic mass is 15.1. The minimum Gasteiger partial charge on any atom is -0.334 e. The molecule has 1 aromatic heterocycles. The maximum atomic E-state index is 4.40. The quantitative estimate of drug-likeness (QED) is 0.613. The monoisotopic (exact) mass is 265 g/mol. The van der Waals surface area contributed by atoms with Gasteiger partial charge in [0, 0.05) is 18.9 Å². The maximum Gasteiger partial charge on any atom is 0.122 e. The van der Waals surface area contributed by atoms with Crippen molar-refractivity contribution in [3.8, 4) is 0 Å². The number of aryl methyl sites for hydroxylation is 1. The lowest BCUT2D eigenvalue weighted by atomic mass is 10.0. The molecule has 0 amide bonds.